The first-order valence-corrected chi connectivity index (χ1v) is 13.2. The molecule has 0 unspecified atom stereocenters. The van der Waals surface area contributed by atoms with Gasteiger partial charge in [0.1, 0.15) is 6.04 Å². The van der Waals surface area contributed by atoms with Crippen molar-refractivity contribution in [1.82, 2.24) is 10.2 Å². The number of amides is 2. The van der Waals surface area contributed by atoms with E-state index >= 15 is 0 Å². The standard InChI is InChI=1S/C30H34Cl2N2O2/c1-4-22(3)33-30(36)28(19-24-9-6-5-7-10-24)34(20-25-26(31)11-8-12-27(25)32)29(35)18-17-23-15-13-21(2)14-16-23/h5-16,22,28H,4,17-20H2,1-3H3,(H,33,36)/t22-,28+/m0/s1. The first-order chi connectivity index (χ1) is 17.3. The molecule has 2 atom stereocenters. The van der Waals surface area contributed by atoms with Gasteiger partial charge in [0.25, 0.3) is 0 Å². The Balaban J connectivity index is 1.95. The molecular weight excluding hydrogens is 491 g/mol. The topological polar surface area (TPSA) is 49.4 Å². The molecular formula is C30H34Cl2N2O2. The summed E-state index contributed by atoms with van der Waals surface area (Å²) >= 11 is 13.0. The Labute approximate surface area is 224 Å². The van der Waals surface area contributed by atoms with Crippen LogP contribution in [0.5, 0.6) is 0 Å². The van der Waals surface area contributed by atoms with Gasteiger partial charge >= 0.3 is 0 Å². The molecule has 0 aliphatic rings. The number of nitrogens with zero attached hydrogens (tertiary/aromatic N) is 1. The molecule has 0 radical (unpaired) electrons. The van der Waals surface area contributed by atoms with E-state index < -0.39 is 6.04 Å². The fourth-order valence-electron chi connectivity index (χ4n) is 4.00. The minimum atomic E-state index is -0.709. The van der Waals surface area contributed by atoms with Crippen LogP contribution in [0, 0.1) is 6.92 Å². The number of aryl methyl sites for hydroxylation is 2. The largest absolute Gasteiger partial charge is 0.352 e. The average molecular weight is 526 g/mol. The zero-order chi connectivity index (χ0) is 26.1. The summed E-state index contributed by atoms with van der Waals surface area (Å²) in [6.45, 7) is 6.17. The second-order valence-corrected chi connectivity index (χ2v) is 10.0. The Morgan fingerprint density at radius 1 is 0.889 bits per heavy atom. The second kappa shape index (κ2) is 13.5. The van der Waals surface area contributed by atoms with E-state index in [4.69, 9.17) is 23.2 Å². The van der Waals surface area contributed by atoms with Crippen LogP contribution < -0.4 is 5.32 Å². The summed E-state index contributed by atoms with van der Waals surface area (Å²) in [5.41, 5.74) is 3.86. The van der Waals surface area contributed by atoms with Gasteiger partial charge in [0.05, 0.1) is 0 Å². The van der Waals surface area contributed by atoms with Gasteiger partial charge in [-0.2, -0.15) is 0 Å². The lowest BCUT2D eigenvalue weighted by Gasteiger charge is -2.33. The first-order valence-electron chi connectivity index (χ1n) is 12.4. The predicted octanol–water partition coefficient (Wildman–Crippen LogP) is 6.79. The third kappa shape index (κ3) is 7.84. The SMILES string of the molecule is CC[C@H](C)NC(=O)[C@@H](Cc1ccccc1)N(Cc1c(Cl)cccc1Cl)C(=O)CCc1ccc(C)cc1. The summed E-state index contributed by atoms with van der Waals surface area (Å²) in [5, 5.41) is 4.03. The maximum atomic E-state index is 13.8. The van der Waals surface area contributed by atoms with Crippen LogP contribution in [0.4, 0.5) is 0 Å². The normalized spacial score (nSPS) is 12.6. The lowest BCUT2D eigenvalue weighted by molar-refractivity contribution is -0.141. The van der Waals surface area contributed by atoms with E-state index in [0.29, 0.717) is 28.5 Å². The van der Waals surface area contributed by atoms with Gasteiger partial charge in [-0.05, 0) is 49.9 Å². The Hall–Kier alpha value is -2.82. The number of hydrogen-bond acceptors (Lipinski definition) is 2. The highest BCUT2D eigenvalue weighted by Crippen LogP contribution is 2.27. The molecule has 36 heavy (non-hydrogen) atoms. The van der Waals surface area contributed by atoms with Crippen LogP contribution in [0.1, 0.15) is 48.9 Å². The van der Waals surface area contributed by atoms with Crippen molar-refractivity contribution in [3.05, 3.63) is 105 Å². The number of carbonyl (C=O) groups is 2. The maximum absolute atomic E-state index is 13.8. The molecule has 2 amide bonds. The van der Waals surface area contributed by atoms with Gasteiger partial charge < -0.3 is 10.2 Å². The molecule has 3 rings (SSSR count). The van der Waals surface area contributed by atoms with E-state index in [1.165, 1.54) is 5.56 Å². The number of carbonyl (C=O) groups excluding carboxylic acids is 2. The van der Waals surface area contributed by atoms with Crippen molar-refractivity contribution in [1.29, 1.82) is 0 Å². The third-order valence-corrected chi connectivity index (χ3v) is 7.12. The van der Waals surface area contributed by atoms with Gasteiger partial charge in [0, 0.05) is 41.0 Å². The van der Waals surface area contributed by atoms with E-state index in [-0.39, 0.29) is 30.8 Å². The Morgan fingerprint density at radius 3 is 2.14 bits per heavy atom. The van der Waals surface area contributed by atoms with E-state index in [1.807, 2.05) is 75.4 Å². The van der Waals surface area contributed by atoms with Crippen LogP contribution in [0.2, 0.25) is 10.0 Å². The van der Waals surface area contributed by atoms with E-state index in [9.17, 15) is 9.59 Å². The Bertz CT molecular complexity index is 1130. The first kappa shape index (κ1) is 27.8. The lowest BCUT2D eigenvalue weighted by Crippen LogP contribution is -2.52. The van der Waals surface area contributed by atoms with Gasteiger partial charge in [0.2, 0.25) is 11.8 Å². The van der Waals surface area contributed by atoms with E-state index in [2.05, 4.69) is 5.32 Å². The van der Waals surface area contributed by atoms with E-state index in [0.717, 1.165) is 17.5 Å². The zero-order valence-electron chi connectivity index (χ0n) is 21.1. The van der Waals surface area contributed by atoms with Gasteiger partial charge in [-0.3, -0.25) is 9.59 Å². The van der Waals surface area contributed by atoms with Crippen molar-refractivity contribution < 1.29 is 9.59 Å². The molecule has 0 saturated heterocycles. The Morgan fingerprint density at radius 2 is 1.53 bits per heavy atom. The smallest absolute Gasteiger partial charge is 0.243 e. The number of benzene rings is 3. The molecule has 0 aliphatic heterocycles. The molecule has 1 N–H and O–H groups in total. The van der Waals surface area contributed by atoms with E-state index in [1.54, 1.807) is 23.1 Å². The van der Waals surface area contributed by atoms with Gasteiger partial charge in [-0.15, -0.1) is 0 Å². The van der Waals surface area contributed by atoms with Crippen LogP contribution in [0.25, 0.3) is 0 Å². The quantitative estimate of drug-likeness (QED) is 0.300. The Kier molecular flexibility index (Phi) is 10.4. The van der Waals surface area contributed by atoms with Crippen molar-refractivity contribution >= 4 is 35.0 Å². The van der Waals surface area contributed by atoms with Gasteiger partial charge in [-0.25, -0.2) is 0 Å². The molecule has 4 nitrogen and oxygen atoms in total. The molecule has 190 valence electrons. The molecule has 0 saturated carbocycles. The number of hydrogen-bond donors (Lipinski definition) is 1. The molecule has 0 bridgehead atoms. The third-order valence-electron chi connectivity index (χ3n) is 6.41. The molecule has 6 heteroatoms. The molecule has 3 aromatic carbocycles. The summed E-state index contributed by atoms with van der Waals surface area (Å²) in [5.74, 6) is -0.299. The highest BCUT2D eigenvalue weighted by atomic mass is 35.5. The number of halogens is 2. The molecule has 0 heterocycles. The fourth-order valence-corrected chi connectivity index (χ4v) is 4.52. The number of rotatable bonds is 11. The minimum Gasteiger partial charge on any atom is -0.352 e. The van der Waals surface area contributed by atoms with Crippen LogP contribution in [-0.4, -0.2) is 28.8 Å². The van der Waals surface area contributed by atoms with Crippen molar-refractivity contribution in [2.24, 2.45) is 0 Å². The second-order valence-electron chi connectivity index (χ2n) is 9.23. The summed E-state index contributed by atoms with van der Waals surface area (Å²) < 4.78 is 0. The highest BCUT2D eigenvalue weighted by Gasteiger charge is 2.31. The summed E-state index contributed by atoms with van der Waals surface area (Å²) in [4.78, 5) is 29.0. The molecule has 0 spiro atoms. The highest BCUT2D eigenvalue weighted by molar-refractivity contribution is 6.36. The molecule has 0 aromatic heterocycles. The van der Waals surface area contributed by atoms with Crippen molar-refractivity contribution in [2.45, 2.75) is 65.1 Å². The average Bonchev–Trinajstić information content (AvgIpc) is 2.87. The van der Waals surface area contributed by atoms with Crippen molar-refractivity contribution in [3.63, 3.8) is 0 Å². The molecule has 0 fully saturated rings. The summed E-state index contributed by atoms with van der Waals surface area (Å²) in [6.07, 6.45) is 2.03. The van der Waals surface area contributed by atoms with Crippen molar-refractivity contribution in [3.8, 4) is 0 Å². The predicted molar refractivity (Wildman–Crippen MR) is 148 cm³/mol. The van der Waals surface area contributed by atoms with Crippen LogP contribution in [0.3, 0.4) is 0 Å². The monoisotopic (exact) mass is 524 g/mol. The van der Waals surface area contributed by atoms with Crippen molar-refractivity contribution in [2.75, 3.05) is 0 Å². The lowest BCUT2D eigenvalue weighted by atomic mass is 10.0. The minimum absolute atomic E-state index is 0.0100. The summed E-state index contributed by atoms with van der Waals surface area (Å²) in [7, 11) is 0. The summed E-state index contributed by atoms with van der Waals surface area (Å²) in [6, 6.07) is 22.5. The van der Waals surface area contributed by atoms with Gasteiger partial charge in [-0.1, -0.05) is 96.4 Å². The zero-order valence-corrected chi connectivity index (χ0v) is 22.6. The van der Waals surface area contributed by atoms with Crippen LogP contribution >= 0.6 is 23.2 Å². The number of nitrogens with one attached hydrogen (secondary N) is 1. The fraction of sp³-hybridized carbons (Fsp3) is 0.333. The molecule has 3 aromatic rings. The molecule has 0 aliphatic carbocycles. The maximum Gasteiger partial charge on any atom is 0.243 e. The van der Waals surface area contributed by atoms with Crippen LogP contribution in [-0.2, 0) is 29.0 Å². The van der Waals surface area contributed by atoms with Crippen LogP contribution in [0.15, 0.2) is 72.8 Å². The van der Waals surface area contributed by atoms with Gasteiger partial charge in [0.15, 0.2) is 0 Å².